The number of hydrogen-bond donors (Lipinski definition) is 1. The average molecular weight is 850 g/mol. The Bertz CT molecular complexity index is 2260. The van der Waals surface area contributed by atoms with Gasteiger partial charge in [0.2, 0.25) is 5.88 Å². The lowest BCUT2D eigenvalue weighted by molar-refractivity contribution is -0.160. The van der Waals surface area contributed by atoms with Crippen LogP contribution in [-0.4, -0.2) is 91.3 Å². The molecule has 0 aliphatic carbocycles. The van der Waals surface area contributed by atoms with Crippen molar-refractivity contribution in [1.29, 1.82) is 0 Å². The number of ether oxygens (including phenoxy) is 2. The molecule has 0 saturated carbocycles. The predicted molar refractivity (Wildman–Crippen MR) is 211 cm³/mol. The number of aliphatic imine (C=N–C) groups is 1. The third-order valence-corrected chi connectivity index (χ3v) is 16.4. The summed E-state index contributed by atoms with van der Waals surface area (Å²) in [6.45, 7) is 5.34. The van der Waals surface area contributed by atoms with E-state index in [2.05, 4.69) is 4.99 Å². The van der Waals surface area contributed by atoms with Gasteiger partial charge in [0.05, 0.1) is 12.2 Å². The average Bonchev–Trinajstić information content (AvgIpc) is 3.18. The molecule has 4 aromatic rings. The van der Waals surface area contributed by atoms with Gasteiger partial charge in [0, 0.05) is 20.3 Å². The van der Waals surface area contributed by atoms with Crippen LogP contribution in [0, 0.1) is 0 Å². The molecule has 1 aliphatic heterocycles. The second-order valence-corrected chi connectivity index (χ2v) is 21.0. The number of carbonyl (C=O) groups excluding carboxylic acids is 1. The zero-order valence-corrected chi connectivity index (χ0v) is 34.4. The molecule has 0 bridgehead atoms. The van der Waals surface area contributed by atoms with Gasteiger partial charge in [-0.15, -0.1) is 11.8 Å². The van der Waals surface area contributed by atoms with Gasteiger partial charge >= 0.3 is 27.3 Å². The number of aromatic hydroxyl groups is 1. The van der Waals surface area contributed by atoms with Crippen LogP contribution in [0.4, 0.5) is 13.2 Å². The first kappa shape index (κ1) is 43.6. The highest BCUT2D eigenvalue weighted by molar-refractivity contribution is 7.99. The highest BCUT2D eigenvalue weighted by Gasteiger charge is 2.57. The number of thioether (sulfide) groups is 1. The number of carbonyl (C=O) groups is 1. The van der Waals surface area contributed by atoms with Gasteiger partial charge in [0.1, 0.15) is 29.2 Å². The number of aromatic nitrogens is 2. The molecular formula is C38H42F3N3O10S2Si. The summed E-state index contributed by atoms with van der Waals surface area (Å²) in [7, 11) is -7.50. The number of hydrogen-bond acceptors (Lipinski definition) is 12. The van der Waals surface area contributed by atoms with E-state index in [1.54, 1.807) is 12.3 Å². The van der Waals surface area contributed by atoms with Gasteiger partial charge in [0.25, 0.3) is 13.9 Å². The van der Waals surface area contributed by atoms with Crippen molar-refractivity contribution >= 4 is 52.8 Å². The fourth-order valence-electron chi connectivity index (χ4n) is 6.70. The first-order valence-corrected chi connectivity index (χ1v) is 22.1. The first-order valence-electron chi connectivity index (χ1n) is 17.5. The molecule has 0 unspecified atom stereocenters. The lowest BCUT2D eigenvalue weighted by Gasteiger charge is -2.47. The number of nitrogens with zero attached hydrogens (tertiary/aromatic N) is 3. The van der Waals surface area contributed by atoms with E-state index in [9.17, 15) is 41.1 Å². The predicted octanol–water partition coefficient (Wildman–Crippen LogP) is 3.70. The summed E-state index contributed by atoms with van der Waals surface area (Å²) in [6.07, 6.45) is -3.39. The van der Waals surface area contributed by atoms with Gasteiger partial charge in [-0.05, 0) is 33.8 Å². The maximum atomic E-state index is 14.1. The number of alkyl halides is 3. The Labute approximate surface area is 332 Å². The molecule has 0 radical (unpaired) electrons. The molecule has 1 aliphatic rings. The quantitative estimate of drug-likeness (QED) is 0.0727. The lowest BCUT2D eigenvalue weighted by Crippen LogP contribution is -2.68. The summed E-state index contributed by atoms with van der Waals surface area (Å²) in [5.74, 6) is -1.85. The molecule has 0 amide bonds. The maximum absolute atomic E-state index is 14.1. The van der Waals surface area contributed by atoms with E-state index in [-0.39, 0.29) is 5.56 Å². The number of rotatable bonds is 12. The monoisotopic (exact) mass is 849 g/mol. The van der Waals surface area contributed by atoms with Crippen molar-refractivity contribution in [3.8, 4) is 5.88 Å². The SMILES string of the molecule is CS[C@@H]1O[C@H](CO[Si](c2ccccc2)(c2ccccc2)C(C)(C)C)[C@@H](OS(=O)(=O)C(F)(F)F)[C@H](OC(=O)c2ccccc2)[C@H]1N=Cc1c(O)n(C)c(=O)n(C)c1=O. The molecule has 0 spiro atoms. The normalized spacial score (nSPS) is 20.8. The fourth-order valence-corrected chi connectivity index (χ4v) is 12.7. The standard InChI is InChI=1S/C38H42F3N3O10S2Si/c1-37(2,3)57(25-18-12-8-13-19-25,26-20-14-9-15-21-26)51-23-28-30(54-56(49,50)38(39,40)41)31(53-34(47)24-16-10-7-11-17-24)29(35(52-28)55-6)42-22-27-32(45)43(4)36(48)44(5)33(27)46/h7-22,28-31,35,45H,23H2,1-6H3/t28-,29-,30-,31-,35+/m1/s1. The molecule has 2 heterocycles. The van der Waals surface area contributed by atoms with Gasteiger partial charge in [0.15, 0.2) is 6.10 Å². The third kappa shape index (κ3) is 8.82. The van der Waals surface area contributed by atoms with Crippen LogP contribution in [0.2, 0.25) is 5.04 Å². The summed E-state index contributed by atoms with van der Waals surface area (Å²) >= 11 is 0.994. The van der Waals surface area contributed by atoms with Crippen molar-refractivity contribution in [3.05, 3.63) is 123 Å². The highest BCUT2D eigenvalue weighted by Crippen LogP contribution is 2.40. The maximum Gasteiger partial charge on any atom is 0.523 e. The zero-order chi connectivity index (χ0) is 41.9. The van der Waals surface area contributed by atoms with Crippen molar-refractivity contribution < 1.29 is 49.6 Å². The van der Waals surface area contributed by atoms with E-state index in [0.29, 0.717) is 4.57 Å². The van der Waals surface area contributed by atoms with E-state index in [4.69, 9.17) is 18.1 Å². The number of esters is 1. The van der Waals surface area contributed by atoms with Crippen LogP contribution in [0.25, 0.3) is 0 Å². The van der Waals surface area contributed by atoms with Crippen molar-refractivity contribution in [3.63, 3.8) is 0 Å². The minimum absolute atomic E-state index is 0.0328. The largest absolute Gasteiger partial charge is 0.523 e. The highest BCUT2D eigenvalue weighted by atomic mass is 32.2. The first-order chi connectivity index (χ1) is 26.7. The molecular weight excluding hydrogens is 808 g/mol. The second-order valence-electron chi connectivity index (χ2n) is 14.2. The van der Waals surface area contributed by atoms with Gasteiger partial charge in [-0.2, -0.15) is 21.6 Å². The lowest BCUT2D eigenvalue weighted by atomic mass is 9.98. The molecule has 306 valence electrons. The fraction of sp³-hybridized carbons (Fsp3) is 0.368. The molecule has 1 aromatic heterocycles. The Morgan fingerprint density at radius 3 is 1.93 bits per heavy atom. The second kappa shape index (κ2) is 17.1. The minimum atomic E-state index is -6.40. The summed E-state index contributed by atoms with van der Waals surface area (Å²) < 4.78 is 93.8. The van der Waals surface area contributed by atoms with Crippen LogP contribution in [0.15, 0.2) is 106 Å². The molecule has 57 heavy (non-hydrogen) atoms. The topological polar surface area (TPSA) is 165 Å². The van der Waals surface area contributed by atoms with Gasteiger partial charge in [-0.3, -0.25) is 23.1 Å². The number of benzene rings is 3. The van der Waals surface area contributed by atoms with Crippen LogP contribution >= 0.6 is 11.8 Å². The van der Waals surface area contributed by atoms with Crippen LogP contribution in [-0.2, 0) is 42.3 Å². The summed E-state index contributed by atoms with van der Waals surface area (Å²) in [5, 5.41) is 11.7. The van der Waals surface area contributed by atoms with Crippen molar-refractivity contribution in [2.75, 3.05) is 12.9 Å². The minimum Gasteiger partial charge on any atom is -0.494 e. The van der Waals surface area contributed by atoms with E-state index in [0.717, 1.165) is 40.0 Å². The molecule has 3 aromatic carbocycles. The Hall–Kier alpha value is -4.53. The summed E-state index contributed by atoms with van der Waals surface area (Å²) in [5.41, 5.74) is -9.47. The molecule has 1 saturated heterocycles. The van der Waals surface area contributed by atoms with Crippen LogP contribution in [0.1, 0.15) is 36.7 Å². The summed E-state index contributed by atoms with van der Waals surface area (Å²) in [6, 6.07) is 24.3. The summed E-state index contributed by atoms with van der Waals surface area (Å²) in [4.78, 5) is 43.5. The van der Waals surface area contributed by atoms with Crippen molar-refractivity contribution in [1.82, 2.24) is 9.13 Å². The van der Waals surface area contributed by atoms with Crippen molar-refractivity contribution in [2.24, 2.45) is 19.1 Å². The van der Waals surface area contributed by atoms with Crippen LogP contribution < -0.4 is 21.6 Å². The Kier molecular flexibility index (Phi) is 13.1. The van der Waals surface area contributed by atoms with E-state index < -0.39 is 94.0 Å². The van der Waals surface area contributed by atoms with E-state index in [1.807, 2.05) is 81.4 Å². The van der Waals surface area contributed by atoms with Gasteiger partial charge in [-0.25, -0.2) is 9.59 Å². The molecule has 5 rings (SSSR count). The molecule has 13 nitrogen and oxygen atoms in total. The third-order valence-electron chi connectivity index (χ3n) is 9.54. The van der Waals surface area contributed by atoms with Gasteiger partial charge in [-0.1, -0.05) is 99.6 Å². The molecule has 1 fully saturated rings. The van der Waals surface area contributed by atoms with Gasteiger partial charge < -0.3 is 19.0 Å². The van der Waals surface area contributed by atoms with Crippen molar-refractivity contribution in [2.45, 2.75) is 61.1 Å². The Morgan fingerprint density at radius 1 is 0.912 bits per heavy atom. The van der Waals surface area contributed by atoms with E-state index in [1.165, 1.54) is 31.3 Å². The molecule has 1 N–H and O–H groups in total. The van der Waals surface area contributed by atoms with E-state index >= 15 is 0 Å². The smallest absolute Gasteiger partial charge is 0.494 e. The Morgan fingerprint density at radius 2 is 1.44 bits per heavy atom. The van der Waals surface area contributed by atoms with Crippen LogP contribution in [0.5, 0.6) is 5.88 Å². The zero-order valence-electron chi connectivity index (χ0n) is 31.7. The Balaban J connectivity index is 1.70. The number of halogens is 3. The van der Waals surface area contributed by atoms with Crippen LogP contribution in [0.3, 0.4) is 0 Å². The molecule has 5 atom stereocenters. The molecule has 19 heteroatoms.